The van der Waals surface area contributed by atoms with Crippen molar-refractivity contribution in [3.05, 3.63) is 36.4 Å². The zero-order chi connectivity index (χ0) is 23.0. The fourth-order valence-corrected chi connectivity index (χ4v) is 2.62. The van der Waals surface area contributed by atoms with E-state index in [0.717, 1.165) is 5.56 Å². The number of rotatable bonds is 17. The van der Waals surface area contributed by atoms with E-state index in [1.54, 1.807) is 20.3 Å². The lowest BCUT2D eigenvalue weighted by atomic mass is 10.2. The summed E-state index contributed by atoms with van der Waals surface area (Å²) in [6, 6.07) is 5.83. The zero-order valence-corrected chi connectivity index (χ0v) is 18.6. The van der Waals surface area contributed by atoms with Crippen LogP contribution in [0.25, 0.3) is 0 Å². The first-order valence-electron chi connectivity index (χ1n) is 10.2. The Balaban J connectivity index is 1.97. The number of para-hydroxylation sites is 1. The Morgan fingerprint density at radius 1 is 0.969 bits per heavy atom. The molecule has 0 unspecified atom stereocenters. The van der Waals surface area contributed by atoms with Crippen LogP contribution in [0, 0.1) is 0 Å². The monoisotopic (exact) mass is 448 g/mol. The van der Waals surface area contributed by atoms with Gasteiger partial charge in [-0.3, -0.25) is 0 Å². The molecule has 0 aliphatic heterocycles. The molecule has 0 saturated heterocycles. The van der Waals surface area contributed by atoms with Gasteiger partial charge in [0.05, 0.1) is 40.6 Å². The summed E-state index contributed by atoms with van der Waals surface area (Å²) in [5.74, 6) is 2.00. The predicted octanol–water partition coefficient (Wildman–Crippen LogP) is 1.47. The molecule has 1 aromatic heterocycles. The van der Waals surface area contributed by atoms with Crippen molar-refractivity contribution in [3.8, 4) is 17.5 Å². The van der Waals surface area contributed by atoms with Gasteiger partial charge in [0.2, 0.25) is 11.9 Å². The molecule has 0 aliphatic rings. The average molecular weight is 449 g/mol. The lowest BCUT2D eigenvalue weighted by molar-refractivity contribution is 0.0547. The average Bonchev–Trinajstić information content (AvgIpc) is 2.82. The molecular weight excluding hydrogens is 416 g/mol. The first-order valence-corrected chi connectivity index (χ1v) is 10.2. The van der Waals surface area contributed by atoms with E-state index in [-0.39, 0.29) is 12.6 Å². The number of aromatic nitrogens is 3. The van der Waals surface area contributed by atoms with E-state index in [9.17, 15) is 0 Å². The molecule has 1 heterocycles. The molecule has 1 aromatic carbocycles. The molecule has 11 heteroatoms. The fraction of sp³-hybridized carbons (Fsp3) is 0.476. The summed E-state index contributed by atoms with van der Waals surface area (Å²) in [5, 5.41) is 6.28. The molecule has 11 nitrogen and oxygen atoms in total. The number of methoxy groups -OCH3 is 2. The van der Waals surface area contributed by atoms with Crippen molar-refractivity contribution in [2.75, 3.05) is 71.0 Å². The van der Waals surface area contributed by atoms with Crippen LogP contribution in [0.2, 0.25) is 0 Å². The Morgan fingerprint density at radius 3 is 2.41 bits per heavy atom. The van der Waals surface area contributed by atoms with E-state index in [4.69, 9.17) is 29.4 Å². The molecule has 0 spiro atoms. The topological polar surface area (TPSA) is 135 Å². The minimum absolute atomic E-state index is 0.179. The normalized spacial score (nSPS) is 10.5. The van der Waals surface area contributed by atoms with Crippen LogP contribution in [-0.2, 0) is 16.0 Å². The molecular formula is C21H32N6O5. The van der Waals surface area contributed by atoms with E-state index >= 15 is 0 Å². The number of ether oxygens (including phenoxy) is 5. The van der Waals surface area contributed by atoms with Crippen LogP contribution in [0.4, 0.5) is 11.9 Å². The molecule has 0 saturated carbocycles. The van der Waals surface area contributed by atoms with Crippen LogP contribution in [0.1, 0.15) is 5.56 Å². The lowest BCUT2D eigenvalue weighted by Crippen LogP contribution is -2.17. The molecule has 4 N–H and O–H groups in total. The van der Waals surface area contributed by atoms with Gasteiger partial charge in [0.1, 0.15) is 6.61 Å². The van der Waals surface area contributed by atoms with Gasteiger partial charge in [0, 0.05) is 25.2 Å². The van der Waals surface area contributed by atoms with E-state index < -0.39 is 0 Å². The van der Waals surface area contributed by atoms with Crippen LogP contribution in [0.3, 0.4) is 0 Å². The summed E-state index contributed by atoms with van der Waals surface area (Å²) in [4.78, 5) is 13.0. The molecule has 0 aliphatic carbocycles. The zero-order valence-electron chi connectivity index (χ0n) is 18.6. The maximum Gasteiger partial charge on any atom is 0.323 e. The Bertz CT molecular complexity index is 823. The van der Waals surface area contributed by atoms with Crippen LogP contribution in [0.5, 0.6) is 17.5 Å². The molecule has 2 rings (SSSR count). The molecule has 0 radical (unpaired) electrons. The van der Waals surface area contributed by atoms with Crippen molar-refractivity contribution in [1.29, 1.82) is 0 Å². The van der Waals surface area contributed by atoms with Crippen LogP contribution in [-0.4, -0.2) is 75.3 Å². The van der Waals surface area contributed by atoms with Crippen molar-refractivity contribution in [2.45, 2.75) is 6.54 Å². The summed E-state index contributed by atoms with van der Waals surface area (Å²) >= 11 is 0. The van der Waals surface area contributed by atoms with Crippen molar-refractivity contribution < 1.29 is 23.7 Å². The first kappa shape index (κ1) is 25.1. The summed E-state index contributed by atoms with van der Waals surface area (Å²) in [7, 11) is 3.19. The third-order valence-corrected chi connectivity index (χ3v) is 4.03. The molecule has 32 heavy (non-hydrogen) atoms. The molecule has 0 atom stereocenters. The highest BCUT2D eigenvalue weighted by Crippen LogP contribution is 2.31. The molecule has 0 amide bonds. The van der Waals surface area contributed by atoms with Gasteiger partial charge in [-0.25, -0.2) is 0 Å². The third-order valence-electron chi connectivity index (χ3n) is 4.03. The van der Waals surface area contributed by atoms with Crippen molar-refractivity contribution in [1.82, 2.24) is 15.0 Å². The smallest absolute Gasteiger partial charge is 0.323 e. The number of nitrogens with zero attached hydrogens (tertiary/aromatic N) is 3. The quantitative estimate of drug-likeness (QED) is 0.240. The largest absolute Gasteiger partial charge is 0.493 e. The number of nitrogens with one attached hydrogen (secondary N) is 2. The van der Waals surface area contributed by atoms with Gasteiger partial charge in [-0.15, -0.1) is 0 Å². The van der Waals surface area contributed by atoms with E-state index in [2.05, 4.69) is 32.2 Å². The third kappa shape index (κ3) is 8.53. The number of nitrogens with two attached hydrogens (primary N) is 1. The summed E-state index contributed by atoms with van der Waals surface area (Å²) in [5.41, 5.74) is 6.25. The fourth-order valence-electron chi connectivity index (χ4n) is 2.62. The van der Waals surface area contributed by atoms with Gasteiger partial charge in [0.15, 0.2) is 11.5 Å². The van der Waals surface area contributed by atoms with Crippen LogP contribution < -0.4 is 30.6 Å². The number of benzene rings is 1. The van der Waals surface area contributed by atoms with Gasteiger partial charge in [-0.05, 0) is 6.07 Å². The minimum atomic E-state index is 0.179. The van der Waals surface area contributed by atoms with Crippen LogP contribution in [0.15, 0.2) is 30.9 Å². The standard InChI is InChI=1S/C21H32N6O5/c1-4-10-32-21-26-19(23-9-12-31-14-13-30-11-8-22)25-20(27-21)24-15-16-6-5-7-17(28-2)18(16)29-3/h4-7H,1,8-15,22H2,2-3H3,(H2,23,24,25,26,27). The van der Waals surface area contributed by atoms with Crippen molar-refractivity contribution >= 4 is 11.9 Å². The number of anilines is 2. The maximum atomic E-state index is 5.49. The Hall–Kier alpha value is -3.15. The van der Waals surface area contributed by atoms with E-state index in [1.807, 2.05) is 18.2 Å². The molecule has 2 aromatic rings. The van der Waals surface area contributed by atoms with Crippen molar-refractivity contribution in [2.24, 2.45) is 5.73 Å². The highest BCUT2D eigenvalue weighted by atomic mass is 16.5. The Kier molecular flexibility index (Phi) is 11.6. The second-order valence-electron chi connectivity index (χ2n) is 6.31. The maximum absolute atomic E-state index is 5.49. The van der Waals surface area contributed by atoms with E-state index in [1.165, 1.54) is 0 Å². The number of hydrogen-bond donors (Lipinski definition) is 3. The molecule has 0 bridgehead atoms. The highest BCUT2D eigenvalue weighted by Gasteiger charge is 2.12. The number of hydrogen-bond acceptors (Lipinski definition) is 11. The van der Waals surface area contributed by atoms with Crippen molar-refractivity contribution in [3.63, 3.8) is 0 Å². The van der Waals surface area contributed by atoms with Gasteiger partial charge < -0.3 is 40.1 Å². The molecule has 0 fully saturated rings. The van der Waals surface area contributed by atoms with Gasteiger partial charge in [-0.2, -0.15) is 15.0 Å². The predicted molar refractivity (Wildman–Crippen MR) is 122 cm³/mol. The second-order valence-corrected chi connectivity index (χ2v) is 6.31. The Morgan fingerprint density at radius 2 is 1.72 bits per heavy atom. The summed E-state index contributed by atoms with van der Waals surface area (Å²) < 4.78 is 27.1. The minimum Gasteiger partial charge on any atom is -0.493 e. The summed E-state index contributed by atoms with van der Waals surface area (Å²) in [6.07, 6.45) is 1.62. The van der Waals surface area contributed by atoms with Gasteiger partial charge >= 0.3 is 6.01 Å². The Labute approximate surface area is 188 Å². The SMILES string of the molecule is C=CCOc1nc(NCCOCCOCCN)nc(NCc2cccc(OC)c2OC)n1. The second kappa shape index (κ2) is 14.8. The summed E-state index contributed by atoms with van der Waals surface area (Å²) in [6.45, 7) is 7.31. The highest BCUT2D eigenvalue weighted by molar-refractivity contribution is 5.48. The van der Waals surface area contributed by atoms with Crippen LogP contribution >= 0.6 is 0 Å². The lowest BCUT2D eigenvalue weighted by Gasteiger charge is -2.14. The van der Waals surface area contributed by atoms with Gasteiger partial charge in [0.25, 0.3) is 0 Å². The molecule has 176 valence electrons. The first-order chi connectivity index (χ1) is 15.7. The van der Waals surface area contributed by atoms with Gasteiger partial charge in [-0.1, -0.05) is 24.8 Å². The van der Waals surface area contributed by atoms with E-state index in [0.29, 0.717) is 69.5 Å².